The Morgan fingerprint density at radius 3 is 2.50 bits per heavy atom. The average Bonchev–Trinajstić information content (AvgIpc) is 2.10. The fraction of sp³-hybridized carbons (Fsp3) is 0.429. The summed E-state index contributed by atoms with van der Waals surface area (Å²) in [7, 11) is 0. The number of aliphatic hydroxyl groups is 1. The largest absolute Gasteiger partial charge is 0.454 e. The molecule has 0 saturated carbocycles. The summed E-state index contributed by atoms with van der Waals surface area (Å²) in [4.78, 5) is 0. The molecule has 1 atom stereocenters. The van der Waals surface area contributed by atoms with Crippen molar-refractivity contribution in [3.8, 4) is 0 Å². The molecule has 56 valence electrons. The molecule has 0 amide bonds. The first-order valence-corrected chi connectivity index (χ1v) is 3.84. The molecule has 0 fully saturated rings. The zero-order chi connectivity index (χ0) is 7.72. The Kier molecular flexibility index (Phi) is 2.16. The molecule has 0 bridgehead atoms. The van der Waals surface area contributed by atoms with Crippen molar-refractivity contribution in [2.45, 2.75) is 20.0 Å². The van der Waals surface area contributed by atoms with Crippen LogP contribution in [-0.2, 0) is 0 Å². The van der Waals surface area contributed by atoms with Crippen LogP contribution in [0.3, 0.4) is 0 Å². The van der Waals surface area contributed by atoms with Crippen molar-refractivity contribution in [3.05, 3.63) is 22.1 Å². The lowest BCUT2D eigenvalue weighted by Gasteiger charge is -1.98. The maximum absolute atomic E-state index is 9.14. The fourth-order valence-electron chi connectivity index (χ4n) is 0.873. The molecule has 0 aliphatic carbocycles. The molecule has 1 aromatic heterocycles. The predicted octanol–water partition coefficient (Wildman–Crippen LogP) is 2.40. The van der Waals surface area contributed by atoms with E-state index in [2.05, 4.69) is 15.9 Å². The van der Waals surface area contributed by atoms with Gasteiger partial charge in [0.05, 0.1) is 6.10 Å². The Balaban J connectivity index is 3.03. The topological polar surface area (TPSA) is 33.4 Å². The van der Waals surface area contributed by atoms with Crippen molar-refractivity contribution in [2.24, 2.45) is 0 Å². The minimum atomic E-state index is -0.449. The number of furan rings is 1. The van der Waals surface area contributed by atoms with E-state index in [1.54, 1.807) is 13.0 Å². The standard InChI is InChI=1S/C7H9BrO2/c1-4(9)6-3-7(8)10-5(6)2/h3-4,9H,1-2H3. The third kappa shape index (κ3) is 1.41. The number of halogens is 1. The molecule has 0 radical (unpaired) electrons. The van der Waals surface area contributed by atoms with Gasteiger partial charge in [0.25, 0.3) is 0 Å². The van der Waals surface area contributed by atoms with Gasteiger partial charge in [-0.2, -0.15) is 0 Å². The van der Waals surface area contributed by atoms with Crippen LogP contribution < -0.4 is 0 Å². The van der Waals surface area contributed by atoms with Crippen LogP contribution in [0.2, 0.25) is 0 Å². The number of aliphatic hydroxyl groups excluding tert-OH is 1. The van der Waals surface area contributed by atoms with Crippen LogP contribution in [0.5, 0.6) is 0 Å². The zero-order valence-electron chi connectivity index (χ0n) is 5.89. The Morgan fingerprint density at radius 1 is 1.70 bits per heavy atom. The summed E-state index contributed by atoms with van der Waals surface area (Å²) in [5.41, 5.74) is 0.840. The molecule has 0 aliphatic heterocycles. The second kappa shape index (κ2) is 2.76. The Hall–Kier alpha value is -0.280. The van der Waals surface area contributed by atoms with E-state index in [0.29, 0.717) is 4.67 Å². The second-order valence-corrected chi connectivity index (χ2v) is 3.02. The van der Waals surface area contributed by atoms with E-state index >= 15 is 0 Å². The Labute approximate surface area is 68.0 Å². The monoisotopic (exact) mass is 204 g/mol. The highest BCUT2D eigenvalue weighted by Gasteiger charge is 2.09. The lowest BCUT2D eigenvalue weighted by atomic mass is 10.2. The van der Waals surface area contributed by atoms with Crippen LogP contribution in [0.4, 0.5) is 0 Å². The molecule has 1 aromatic rings. The molecule has 0 spiro atoms. The molecule has 1 rings (SSSR count). The molecule has 0 saturated heterocycles. The van der Waals surface area contributed by atoms with E-state index in [4.69, 9.17) is 9.52 Å². The highest BCUT2D eigenvalue weighted by molar-refractivity contribution is 9.10. The number of hydrogen-bond acceptors (Lipinski definition) is 2. The fourth-order valence-corrected chi connectivity index (χ4v) is 1.36. The maximum atomic E-state index is 9.14. The van der Waals surface area contributed by atoms with Gasteiger partial charge >= 0.3 is 0 Å². The van der Waals surface area contributed by atoms with Crippen molar-refractivity contribution in [2.75, 3.05) is 0 Å². The summed E-state index contributed by atoms with van der Waals surface area (Å²) < 4.78 is 5.80. The molecule has 10 heavy (non-hydrogen) atoms. The van der Waals surface area contributed by atoms with Crippen LogP contribution >= 0.6 is 15.9 Å². The van der Waals surface area contributed by atoms with Gasteiger partial charge in [0.2, 0.25) is 0 Å². The molecule has 1 unspecified atom stereocenters. The first kappa shape index (κ1) is 7.82. The van der Waals surface area contributed by atoms with Gasteiger partial charge in [0.15, 0.2) is 4.67 Å². The summed E-state index contributed by atoms with van der Waals surface area (Å²) in [6.45, 7) is 3.54. The van der Waals surface area contributed by atoms with Gasteiger partial charge in [0.1, 0.15) is 5.76 Å². The average molecular weight is 205 g/mol. The second-order valence-electron chi connectivity index (χ2n) is 2.24. The summed E-state index contributed by atoms with van der Waals surface area (Å²) in [6, 6.07) is 1.78. The van der Waals surface area contributed by atoms with Crippen molar-refractivity contribution in [1.29, 1.82) is 0 Å². The van der Waals surface area contributed by atoms with E-state index < -0.39 is 6.10 Å². The van der Waals surface area contributed by atoms with Gasteiger partial charge < -0.3 is 9.52 Å². The van der Waals surface area contributed by atoms with E-state index in [-0.39, 0.29) is 0 Å². The molecular weight excluding hydrogens is 196 g/mol. The van der Waals surface area contributed by atoms with Gasteiger partial charge in [0, 0.05) is 5.56 Å². The molecule has 1 heterocycles. The number of hydrogen-bond donors (Lipinski definition) is 1. The Morgan fingerprint density at radius 2 is 2.30 bits per heavy atom. The quantitative estimate of drug-likeness (QED) is 0.763. The van der Waals surface area contributed by atoms with Crippen molar-refractivity contribution in [3.63, 3.8) is 0 Å². The Bertz CT molecular complexity index is 228. The van der Waals surface area contributed by atoms with E-state index in [1.807, 2.05) is 6.92 Å². The summed E-state index contributed by atoms with van der Waals surface area (Å²) in [5.74, 6) is 0.766. The summed E-state index contributed by atoms with van der Waals surface area (Å²) in [5, 5.41) is 9.14. The van der Waals surface area contributed by atoms with Crippen LogP contribution in [-0.4, -0.2) is 5.11 Å². The molecule has 1 N–H and O–H groups in total. The van der Waals surface area contributed by atoms with Gasteiger partial charge in [-0.05, 0) is 35.8 Å². The van der Waals surface area contributed by atoms with Gasteiger partial charge in [-0.15, -0.1) is 0 Å². The molecule has 0 aliphatic rings. The van der Waals surface area contributed by atoms with Gasteiger partial charge in [-0.3, -0.25) is 0 Å². The lowest BCUT2D eigenvalue weighted by Crippen LogP contribution is -1.89. The smallest absolute Gasteiger partial charge is 0.169 e. The molecule has 0 aromatic carbocycles. The van der Waals surface area contributed by atoms with Crippen molar-refractivity contribution < 1.29 is 9.52 Å². The summed E-state index contributed by atoms with van der Waals surface area (Å²) in [6.07, 6.45) is -0.449. The zero-order valence-corrected chi connectivity index (χ0v) is 7.47. The minimum absolute atomic E-state index is 0.449. The van der Waals surface area contributed by atoms with Crippen molar-refractivity contribution in [1.82, 2.24) is 0 Å². The predicted molar refractivity (Wildman–Crippen MR) is 41.8 cm³/mol. The summed E-state index contributed by atoms with van der Waals surface area (Å²) >= 11 is 3.17. The first-order chi connectivity index (χ1) is 4.61. The molecule has 3 heteroatoms. The third-order valence-corrected chi connectivity index (χ3v) is 1.77. The minimum Gasteiger partial charge on any atom is -0.454 e. The lowest BCUT2D eigenvalue weighted by molar-refractivity contribution is 0.197. The van der Waals surface area contributed by atoms with Crippen molar-refractivity contribution >= 4 is 15.9 Å². The molecular formula is C7H9BrO2. The van der Waals surface area contributed by atoms with Crippen LogP contribution in [0, 0.1) is 6.92 Å². The van der Waals surface area contributed by atoms with Gasteiger partial charge in [-0.25, -0.2) is 0 Å². The number of aryl methyl sites for hydroxylation is 1. The SMILES string of the molecule is Cc1oc(Br)cc1C(C)O. The number of rotatable bonds is 1. The van der Waals surface area contributed by atoms with Crippen LogP contribution in [0.1, 0.15) is 24.4 Å². The normalized spacial score (nSPS) is 13.6. The first-order valence-electron chi connectivity index (χ1n) is 3.05. The van der Waals surface area contributed by atoms with E-state index in [0.717, 1.165) is 11.3 Å². The van der Waals surface area contributed by atoms with Crippen LogP contribution in [0.15, 0.2) is 15.2 Å². The molecule has 2 nitrogen and oxygen atoms in total. The maximum Gasteiger partial charge on any atom is 0.169 e. The van der Waals surface area contributed by atoms with E-state index in [1.165, 1.54) is 0 Å². The third-order valence-electron chi connectivity index (χ3n) is 1.38. The van der Waals surface area contributed by atoms with E-state index in [9.17, 15) is 0 Å². The highest BCUT2D eigenvalue weighted by atomic mass is 79.9. The highest BCUT2D eigenvalue weighted by Crippen LogP contribution is 2.24. The van der Waals surface area contributed by atoms with Gasteiger partial charge in [-0.1, -0.05) is 0 Å². The van der Waals surface area contributed by atoms with Crippen LogP contribution in [0.25, 0.3) is 0 Å².